The Kier molecular flexibility index (Phi) is 6.41. The minimum atomic E-state index is -0.127. The fraction of sp³-hybridized carbons (Fsp3) is 0.179. The van der Waals surface area contributed by atoms with Crippen LogP contribution in [0.1, 0.15) is 21.5 Å². The van der Waals surface area contributed by atoms with Crippen LogP contribution >= 0.6 is 0 Å². The predicted octanol–water partition coefficient (Wildman–Crippen LogP) is 3.56. The van der Waals surface area contributed by atoms with E-state index in [9.17, 15) is 9.59 Å². The van der Waals surface area contributed by atoms with E-state index in [1.165, 1.54) is 5.56 Å². The largest absolute Gasteiger partial charge is 0.351 e. The topological polar surface area (TPSA) is 71.6 Å². The van der Waals surface area contributed by atoms with Crippen molar-refractivity contribution in [1.82, 2.24) is 24.2 Å². The maximum absolute atomic E-state index is 13.2. The number of rotatable bonds is 8. The van der Waals surface area contributed by atoms with Crippen molar-refractivity contribution in [3.8, 4) is 0 Å². The van der Waals surface area contributed by atoms with Gasteiger partial charge in [-0.25, -0.2) is 4.98 Å². The molecular weight excluding hydrogens is 438 g/mol. The van der Waals surface area contributed by atoms with Crippen molar-refractivity contribution in [3.05, 3.63) is 118 Å². The number of fused-ring (bicyclic) bond motifs is 3. The van der Waals surface area contributed by atoms with Gasteiger partial charge in [-0.2, -0.15) is 0 Å². The third-order valence-corrected chi connectivity index (χ3v) is 6.10. The first-order valence-corrected chi connectivity index (χ1v) is 11.6. The highest BCUT2D eigenvalue weighted by Crippen LogP contribution is 2.15. The zero-order chi connectivity index (χ0) is 24.2. The lowest BCUT2D eigenvalue weighted by Gasteiger charge is -2.17. The third-order valence-electron chi connectivity index (χ3n) is 6.10. The number of hydrogen-bond donors (Lipinski definition) is 1. The summed E-state index contributed by atoms with van der Waals surface area (Å²) < 4.78 is 3.53. The summed E-state index contributed by atoms with van der Waals surface area (Å²) in [6, 6.07) is 25.1. The fourth-order valence-electron chi connectivity index (χ4n) is 4.36. The number of amides is 1. The molecule has 35 heavy (non-hydrogen) atoms. The first kappa shape index (κ1) is 22.6. The van der Waals surface area contributed by atoms with Crippen LogP contribution in [0.25, 0.3) is 16.7 Å². The van der Waals surface area contributed by atoms with Gasteiger partial charge in [0.2, 0.25) is 0 Å². The van der Waals surface area contributed by atoms with E-state index < -0.39 is 0 Å². The number of pyridine rings is 1. The zero-order valence-electron chi connectivity index (χ0n) is 19.6. The second kappa shape index (κ2) is 9.95. The predicted molar refractivity (Wildman–Crippen MR) is 138 cm³/mol. The zero-order valence-corrected chi connectivity index (χ0v) is 19.6. The number of aromatic nitrogens is 3. The van der Waals surface area contributed by atoms with Crippen molar-refractivity contribution in [3.63, 3.8) is 0 Å². The molecule has 3 heterocycles. The van der Waals surface area contributed by atoms with Gasteiger partial charge in [0.05, 0.1) is 12.1 Å². The summed E-state index contributed by atoms with van der Waals surface area (Å²) in [6.45, 7) is 2.44. The summed E-state index contributed by atoms with van der Waals surface area (Å²) in [4.78, 5) is 32.6. The first-order chi connectivity index (χ1) is 17.1. The Morgan fingerprint density at radius 3 is 2.60 bits per heavy atom. The quantitative estimate of drug-likeness (QED) is 0.380. The van der Waals surface area contributed by atoms with E-state index in [2.05, 4.69) is 27.3 Å². The van der Waals surface area contributed by atoms with Gasteiger partial charge in [-0.3, -0.25) is 14.2 Å². The maximum atomic E-state index is 13.2. The molecule has 0 aliphatic rings. The number of carbonyl (C=O) groups is 1. The molecule has 1 amide bonds. The molecule has 176 valence electrons. The van der Waals surface area contributed by atoms with Crippen LogP contribution in [0.5, 0.6) is 0 Å². The van der Waals surface area contributed by atoms with Crippen LogP contribution in [0.3, 0.4) is 0 Å². The Hall–Kier alpha value is -4.23. The van der Waals surface area contributed by atoms with Crippen LogP contribution in [0.2, 0.25) is 0 Å². The molecule has 0 aliphatic heterocycles. The summed E-state index contributed by atoms with van der Waals surface area (Å²) in [5, 5.41) is 3.00. The van der Waals surface area contributed by atoms with E-state index in [-0.39, 0.29) is 11.5 Å². The monoisotopic (exact) mass is 465 g/mol. The Labute approximate surface area is 203 Å². The summed E-state index contributed by atoms with van der Waals surface area (Å²) in [5.41, 5.74) is 4.63. The maximum Gasteiger partial charge on any atom is 0.276 e. The fourth-order valence-corrected chi connectivity index (χ4v) is 4.36. The van der Waals surface area contributed by atoms with Crippen LogP contribution in [0, 0.1) is 0 Å². The van der Waals surface area contributed by atoms with Crippen molar-refractivity contribution in [2.24, 2.45) is 0 Å². The van der Waals surface area contributed by atoms with Gasteiger partial charge >= 0.3 is 0 Å². The van der Waals surface area contributed by atoms with Gasteiger partial charge in [-0.1, -0.05) is 42.5 Å². The normalized spacial score (nSPS) is 11.4. The average Bonchev–Trinajstić information content (AvgIpc) is 3.38. The average molecular weight is 466 g/mol. The summed E-state index contributed by atoms with van der Waals surface area (Å²) in [5.74, 6) is -0.127. The molecule has 7 nitrogen and oxygen atoms in total. The number of benzene rings is 2. The molecule has 5 rings (SSSR count). The first-order valence-electron chi connectivity index (χ1n) is 11.6. The molecule has 0 atom stereocenters. The van der Waals surface area contributed by atoms with Gasteiger partial charge in [-0.15, -0.1) is 0 Å². The highest BCUT2D eigenvalue weighted by molar-refractivity contribution is 5.94. The minimum absolute atomic E-state index is 0.113. The molecular formula is C28H27N5O2. The number of nitrogens with one attached hydrogen (secondary N) is 1. The molecule has 0 unspecified atom stereocenters. The van der Waals surface area contributed by atoms with Crippen LogP contribution < -0.4 is 10.9 Å². The number of carbonyl (C=O) groups excluding carboxylic acids is 1. The standard InChI is InChI=1S/C28H27N5O2/c1-31(19-21-8-3-2-4-9-21)17-15-30-27(34)23-11-5-10-22(18-23)20-33-26-24(12-6-14-29-26)32-16-7-13-25(32)28(33)35/h2-14,16,18H,15,17,19-20H2,1H3,(H,30,34). The Bertz CT molecular complexity index is 1540. The number of nitrogens with zero attached hydrogens (tertiary/aromatic N) is 4. The number of likely N-dealkylation sites (N-methyl/N-ethyl adjacent to an activating group) is 1. The summed E-state index contributed by atoms with van der Waals surface area (Å²) in [6.07, 6.45) is 3.56. The molecule has 3 aromatic heterocycles. The second-order valence-corrected chi connectivity index (χ2v) is 8.68. The van der Waals surface area contributed by atoms with Crippen LogP contribution in [-0.2, 0) is 13.1 Å². The van der Waals surface area contributed by atoms with E-state index in [4.69, 9.17) is 0 Å². The Balaban J connectivity index is 1.29. The van der Waals surface area contributed by atoms with Gasteiger partial charge in [-0.05, 0) is 54.6 Å². The molecule has 7 heteroatoms. The molecule has 0 fully saturated rings. The van der Waals surface area contributed by atoms with Crippen molar-refractivity contribution in [1.29, 1.82) is 0 Å². The summed E-state index contributed by atoms with van der Waals surface area (Å²) >= 11 is 0. The Morgan fingerprint density at radius 2 is 1.74 bits per heavy atom. The van der Waals surface area contributed by atoms with Crippen molar-refractivity contribution >= 4 is 22.6 Å². The van der Waals surface area contributed by atoms with E-state index in [0.717, 1.165) is 24.2 Å². The third kappa shape index (κ3) is 4.85. The molecule has 0 spiro atoms. The van der Waals surface area contributed by atoms with Gasteiger partial charge in [0.15, 0.2) is 5.65 Å². The molecule has 0 bridgehead atoms. The molecule has 0 saturated heterocycles. The van der Waals surface area contributed by atoms with Crippen molar-refractivity contribution in [2.75, 3.05) is 20.1 Å². The lowest BCUT2D eigenvalue weighted by molar-refractivity contribution is 0.0949. The van der Waals surface area contributed by atoms with E-state index in [1.807, 2.05) is 78.3 Å². The SMILES string of the molecule is CN(CCNC(=O)c1cccc(Cn2c(=O)c3cccn3c3cccnc32)c1)Cc1ccccc1. The molecule has 0 saturated carbocycles. The lowest BCUT2D eigenvalue weighted by atomic mass is 10.1. The molecule has 0 radical (unpaired) electrons. The van der Waals surface area contributed by atoms with Gasteiger partial charge in [0, 0.05) is 37.6 Å². The highest BCUT2D eigenvalue weighted by atomic mass is 16.1. The molecule has 5 aromatic rings. The van der Waals surface area contributed by atoms with E-state index in [1.54, 1.807) is 16.8 Å². The molecule has 2 aromatic carbocycles. The smallest absolute Gasteiger partial charge is 0.276 e. The summed E-state index contributed by atoms with van der Waals surface area (Å²) in [7, 11) is 2.04. The van der Waals surface area contributed by atoms with Gasteiger partial charge in [0.25, 0.3) is 11.5 Å². The van der Waals surface area contributed by atoms with Gasteiger partial charge in [0.1, 0.15) is 5.52 Å². The molecule has 1 N–H and O–H groups in total. The van der Waals surface area contributed by atoms with Crippen molar-refractivity contribution in [2.45, 2.75) is 13.1 Å². The number of hydrogen-bond acceptors (Lipinski definition) is 4. The van der Waals surface area contributed by atoms with Crippen LogP contribution in [0.15, 0.2) is 96.1 Å². The second-order valence-electron chi connectivity index (χ2n) is 8.68. The van der Waals surface area contributed by atoms with Crippen LogP contribution in [0.4, 0.5) is 0 Å². The van der Waals surface area contributed by atoms with E-state index in [0.29, 0.717) is 29.8 Å². The van der Waals surface area contributed by atoms with Gasteiger partial charge < -0.3 is 14.6 Å². The van der Waals surface area contributed by atoms with Crippen molar-refractivity contribution < 1.29 is 4.79 Å². The van der Waals surface area contributed by atoms with Crippen LogP contribution in [-0.4, -0.2) is 44.9 Å². The Morgan fingerprint density at radius 1 is 0.943 bits per heavy atom. The molecule has 0 aliphatic carbocycles. The minimum Gasteiger partial charge on any atom is -0.351 e. The lowest BCUT2D eigenvalue weighted by Crippen LogP contribution is -2.32. The van der Waals surface area contributed by atoms with E-state index >= 15 is 0 Å². The highest BCUT2D eigenvalue weighted by Gasteiger charge is 2.13.